The number of carbonyl (C=O) groups excluding carboxylic acids is 1. The van der Waals surface area contributed by atoms with Crippen LogP contribution in [0.2, 0.25) is 0 Å². The van der Waals surface area contributed by atoms with Crippen LogP contribution in [-0.2, 0) is 9.47 Å². The van der Waals surface area contributed by atoms with E-state index in [2.05, 4.69) is 21.7 Å². The van der Waals surface area contributed by atoms with Gasteiger partial charge in [-0.05, 0) is 33.1 Å². The summed E-state index contributed by atoms with van der Waals surface area (Å²) in [5.74, 6) is 0.184. The first-order valence-electron chi connectivity index (χ1n) is 12.7. The number of nitrogens with zero attached hydrogens (tertiary/aromatic N) is 4. The quantitative estimate of drug-likeness (QED) is 0.646. The Hall–Kier alpha value is -2.13. The third-order valence-corrected chi connectivity index (χ3v) is 8.12. The molecule has 1 aromatic rings. The van der Waals surface area contributed by atoms with Crippen molar-refractivity contribution in [1.82, 2.24) is 14.8 Å². The van der Waals surface area contributed by atoms with Crippen LogP contribution in [-0.4, -0.2) is 91.6 Å². The van der Waals surface area contributed by atoms with Gasteiger partial charge in [0.15, 0.2) is 0 Å². The second-order valence-electron chi connectivity index (χ2n) is 10.6. The van der Waals surface area contributed by atoms with Crippen molar-refractivity contribution < 1.29 is 23.4 Å². The van der Waals surface area contributed by atoms with Gasteiger partial charge in [-0.1, -0.05) is 0 Å². The van der Waals surface area contributed by atoms with Crippen molar-refractivity contribution in [3.63, 3.8) is 0 Å². The number of halogens is 1. The van der Waals surface area contributed by atoms with Gasteiger partial charge in [0.1, 0.15) is 17.1 Å². The van der Waals surface area contributed by atoms with Crippen LogP contribution in [0.3, 0.4) is 0 Å². The fraction of sp³-hybridized carbons (Fsp3) is 0.760. The van der Waals surface area contributed by atoms with Crippen molar-refractivity contribution in [1.29, 1.82) is 0 Å². The number of aromatic nitrogens is 1. The Bertz CT molecular complexity index is 880. The summed E-state index contributed by atoms with van der Waals surface area (Å²) in [6.45, 7) is 10.9. The largest absolute Gasteiger partial charge is 0.470 e. The highest BCUT2D eigenvalue weighted by Crippen LogP contribution is 2.47. The normalized spacial score (nSPS) is 26.4. The zero-order valence-corrected chi connectivity index (χ0v) is 20.4. The van der Waals surface area contributed by atoms with Crippen LogP contribution in [0.1, 0.15) is 46.0 Å². The number of rotatable bonds is 5. The lowest BCUT2D eigenvalue weighted by molar-refractivity contribution is -0.0363. The third kappa shape index (κ3) is 4.82. The summed E-state index contributed by atoms with van der Waals surface area (Å²) in [6.07, 6.45) is 6.15. The first-order chi connectivity index (χ1) is 16.4. The van der Waals surface area contributed by atoms with Gasteiger partial charge in [-0.25, -0.2) is 14.2 Å². The standard InChI is InChI=1S/C25H37FN4O4/c1-3-33-23(31)30-17-25(18-30)5-4-20(15-25)28-8-10-29(11-9-28)21-14-19(26)16-27-22(21)34-24(2)6-12-32-13-7-24/h14,16,20H,3-13,15,17-18H2,1-2H3/t20-/m1/s1. The summed E-state index contributed by atoms with van der Waals surface area (Å²) in [5, 5.41) is 0. The van der Waals surface area contributed by atoms with Crippen molar-refractivity contribution in [2.75, 3.05) is 64.0 Å². The molecule has 1 spiro atoms. The van der Waals surface area contributed by atoms with Gasteiger partial charge in [-0.15, -0.1) is 0 Å². The summed E-state index contributed by atoms with van der Waals surface area (Å²) in [5.41, 5.74) is 0.679. The Balaban J connectivity index is 1.17. The molecule has 34 heavy (non-hydrogen) atoms. The van der Waals surface area contributed by atoms with Gasteiger partial charge < -0.3 is 24.0 Å². The topological polar surface area (TPSA) is 67.4 Å². The Labute approximate surface area is 201 Å². The molecule has 0 bridgehead atoms. The molecule has 4 aliphatic rings. The highest BCUT2D eigenvalue weighted by atomic mass is 19.1. The highest BCUT2D eigenvalue weighted by Gasteiger charge is 2.51. The molecule has 0 unspecified atom stereocenters. The summed E-state index contributed by atoms with van der Waals surface area (Å²) < 4.78 is 31.1. The molecular formula is C25H37FN4O4. The summed E-state index contributed by atoms with van der Waals surface area (Å²) in [4.78, 5) is 22.9. The van der Waals surface area contributed by atoms with E-state index in [0.717, 1.165) is 64.2 Å². The minimum Gasteiger partial charge on any atom is -0.470 e. The fourth-order valence-corrected chi connectivity index (χ4v) is 6.07. The molecule has 9 heteroatoms. The molecule has 0 aromatic carbocycles. The van der Waals surface area contributed by atoms with Crippen LogP contribution in [0.5, 0.6) is 5.88 Å². The summed E-state index contributed by atoms with van der Waals surface area (Å²) in [7, 11) is 0. The van der Waals surface area contributed by atoms with Crippen LogP contribution in [0, 0.1) is 11.2 Å². The number of likely N-dealkylation sites (tertiary alicyclic amines) is 1. The number of carbonyl (C=O) groups is 1. The van der Waals surface area contributed by atoms with E-state index in [4.69, 9.17) is 14.2 Å². The zero-order chi connectivity index (χ0) is 23.8. The van der Waals surface area contributed by atoms with E-state index >= 15 is 0 Å². The third-order valence-electron chi connectivity index (χ3n) is 8.12. The van der Waals surface area contributed by atoms with Crippen molar-refractivity contribution in [3.05, 3.63) is 18.1 Å². The smallest absolute Gasteiger partial charge is 0.409 e. The van der Waals surface area contributed by atoms with Crippen molar-refractivity contribution >= 4 is 11.8 Å². The summed E-state index contributed by atoms with van der Waals surface area (Å²) in [6, 6.07) is 2.11. The Kier molecular flexibility index (Phi) is 6.59. The molecule has 3 aliphatic heterocycles. The highest BCUT2D eigenvalue weighted by molar-refractivity contribution is 5.69. The molecule has 0 N–H and O–H groups in total. The van der Waals surface area contributed by atoms with Crippen LogP contribution in [0.15, 0.2) is 12.3 Å². The number of piperazine rings is 1. The minimum absolute atomic E-state index is 0.179. The van der Waals surface area contributed by atoms with E-state index in [1.165, 1.54) is 19.0 Å². The Morgan fingerprint density at radius 3 is 2.65 bits per heavy atom. The Morgan fingerprint density at radius 2 is 1.94 bits per heavy atom. The molecule has 1 aliphatic carbocycles. The number of amides is 1. The number of hydrogen-bond acceptors (Lipinski definition) is 7. The second kappa shape index (κ2) is 9.49. The van der Waals surface area contributed by atoms with E-state index in [0.29, 0.717) is 31.7 Å². The SMILES string of the molecule is CCOC(=O)N1CC2(CC[C@@H](N3CCN(c4cc(F)cnc4OC4(C)CCOCC4)CC3)C2)C1. The predicted octanol–water partition coefficient (Wildman–Crippen LogP) is 3.30. The first kappa shape index (κ1) is 23.6. The zero-order valence-electron chi connectivity index (χ0n) is 20.4. The average molecular weight is 477 g/mol. The predicted molar refractivity (Wildman–Crippen MR) is 126 cm³/mol. The lowest BCUT2D eigenvalue weighted by Crippen LogP contribution is -2.58. The van der Waals surface area contributed by atoms with Crippen molar-refractivity contribution in [3.8, 4) is 5.88 Å². The van der Waals surface area contributed by atoms with Crippen LogP contribution in [0.25, 0.3) is 0 Å². The number of pyridine rings is 1. The van der Waals surface area contributed by atoms with E-state index in [1.807, 2.05) is 11.8 Å². The molecule has 5 rings (SSSR count). The maximum Gasteiger partial charge on any atom is 0.409 e. The fourth-order valence-electron chi connectivity index (χ4n) is 6.07. The van der Waals surface area contributed by atoms with E-state index in [-0.39, 0.29) is 22.9 Å². The molecule has 4 fully saturated rings. The molecule has 1 atom stereocenters. The van der Waals surface area contributed by atoms with Crippen LogP contribution < -0.4 is 9.64 Å². The lowest BCUT2D eigenvalue weighted by Gasteiger charge is -2.48. The maximum absolute atomic E-state index is 14.2. The Morgan fingerprint density at radius 1 is 1.21 bits per heavy atom. The second-order valence-corrected chi connectivity index (χ2v) is 10.6. The van der Waals surface area contributed by atoms with Gasteiger partial charge in [0.2, 0.25) is 5.88 Å². The number of hydrogen-bond donors (Lipinski definition) is 0. The van der Waals surface area contributed by atoms with Gasteiger partial charge in [-0.2, -0.15) is 0 Å². The number of anilines is 1. The van der Waals surface area contributed by atoms with Gasteiger partial charge >= 0.3 is 6.09 Å². The van der Waals surface area contributed by atoms with E-state index in [9.17, 15) is 9.18 Å². The van der Waals surface area contributed by atoms with Gasteiger partial charge in [0.05, 0.1) is 26.0 Å². The molecule has 0 radical (unpaired) electrons. The number of ether oxygens (including phenoxy) is 3. The van der Waals surface area contributed by atoms with E-state index in [1.54, 1.807) is 6.07 Å². The van der Waals surface area contributed by atoms with E-state index < -0.39 is 0 Å². The lowest BCUT2D eigenvalue weighted by atomic mass is 9.78. The molecule has 1 amide bonds. The molecule has 1 saturated carbocycles. The molecule has 1 aromatic heterocycles. The molecule has 3 saturated heterocycles. The van der Waals surface area contributed by atoms with Crippen molar-refractivity contribution in [2.45, 2.75) is 57.6 Å². The average Bonchev–Trinajstić information content (AvgIpc) is 3.26. The summed E-state index contributed by atoms with van der Waals surface area (Å²) >= 11 is 0. The minimum atomic E-state index is -0.337. The van der Waals surface area contributed by atoms with Crippen LogP contribution in [0.4, 0.5) is 14.9 Å². The molecule has 4 heterocycles. The maximum atomic E-state index is 14.2. The first-order valence-corrected chi connectivity index (χ1v) is 12.7. The van der Waals surface area contributed by atoms with Gasteiger partial charge in [0.25, 0.3) is 0 Å². The molecule has 8 nitrogen and oxygen atoms in total. The molecular weight excluding hydrogens is 439 g/mol. The monoisotopic (exact) mass is 476 g/mol. The van der Waals surface area contributed by atoms with Crippen LogP contribution >= 0.6 is 0 Å². The van der Waals surface area contributed by atoms with Gasteiger partial charge in [-0.3, -0.25) is 4.90 Å². The van der Waals surface area contributed by atoms with Gasteiger partial charge in [0, 0.05) is 69.6 Å². The van der Waals surface area contributed by atoms with Crippen molar-refractivity contribution in [2.24, 2.45) is 5.41 Å². The molecule has 188 valence electrons.